The van der Waals surface area contributed by atoms with Crippen LogP contribution in [0.1, 0.15) is 0 Å². The number of benzene rings is 1. The fourth-order valence-corrected chi connectivity index (χ4v) is 1.72. The van der Waals surface area contributed by atoms with E-state index in [1.165, 1.54) is 18.2 Å². The number of fused-ring (bicyclic) bond motifs is 3. The third-order valence-electron chi connectivity index (χ3n) is 2.44. The van der Waals surface area contributed by atoms with Gasteiger partial charge in [0.1, 0.15) is 5.75 Å². The number of hydrogen-bond acceptors (Lipinski definition) is 6. The summed E-state index contributed by atoms with van der Waals surface area (Å²) in [5, 5.41) is 21.9. The summed E-state index contributed by atoms with van der Waals surface area (Å²) in [7, 11) is 0. The molecule has 0 spiro atoms. The molecule has 0 saturated carbocycles. The van der Waals surface area contributed by atoms with E-state index in [-0.39, 0.29) is 11.4 Å². The maximum atomic E-state index is 11.7. The zero-order chi connectivity index (χ0) is 13.6. The van der Waals surface area contributed by atoms with E-state index in [2.05, 4.69) is 19.8 Å². The number of aromatic nitrogens is 4. The van der Waals surface area contributed by atoms with Crippen molar-refractivity contribution in [3.63, 3.8) is 0 Å². The Morgan fingerprint density at radius 3 is 2.95 bits per heavy atom. The topological polar surface area (TPSA) is 130 Å². The molecular weight excluding hydrogens is 256 g/mol. The molecule has 0 aliphatic heterocycles. The van der Waals surface area contributed by atoms with Gasteiger partial charge in [-0.2, -0.15) is 9.50 Å². The van der Waals surface area contributed by atoms with Crippen LogP contribution in [0.4, 0.5) is 4.79 Å². The Labute approximate surface area is 103 Å². The normalized spacial score (nSPS) is 10.9. The number of aromatic hydroxyl groups is 1. The van der Waals surface area contributed by atoms with Gasteiger partial charge in [0.05, 0.1) is 5.52 Å². The molecule has 3 N–H and O–H groups in total. The predicted molar refractivity (Wildman–Crippen MR) is 61.4 cm³/mol. The molecule has 0 unspecified atom stereocenters. The molecule has 0 saturated heterocycles. The quantitative estimate of drug-likeness (QED) is 0.539. The van der Waals surface area contributed by atoms with Crippen molar-refractivity contribution in [3.05, 3.63) is 28.7 Å². The summed E-state index contributed by atoms with van der Waals surface area (Å²) in [5.41, 5.74) is -0.0728. The smallest absolute Gasteiger partial charge is 0.508 e. The number of phenols is 1. The summed E-state index contributed by atoms with van der Waals surface area (Å²) in [6, 6.07) is 3.81. The Balaban J connectivity index is 2.38. The standard InChI is InChI=1S/C10H6N4O5/c15-4-1-2-6-5(3-4)7-12-8(19-10(17)18)13-14(7)9(16)11-6/h1-3,15H,(H,11,16)(H,17,18). The molecule has 9 nitrogen and oxygen atoms in total. The first kappa shape index (κ1) is 11.0. The third-order valence-corrected chi connectivity index (χ3v) is 2.44. The van der Waals surface area contributed by atoms with Crippen molar-refractivity contribution in [3.8, 4) is 11.8 Å². The maximum Gasteiger partial charge on any atom is 0.513 e. The molecule has 0 amide bonds. The first-order valence-electron chi connectivity index (χ1n) is 5.07. The van der Waals surface area contributed by atoms with Crippen molar-refractivity contribution < 1.29 is 19.7 Å². The molecular formula is C10H6N4O5. The molecule has 2 heterocycles. The van der Waals surface area contributed by atoms with Gasteiger partial charge in [-0.1, -0.05) is 0 Å². The van der Waals surface area contributed by atoms with Crippen LogP contribution >= 0.6 is 0 Å². The number of phenolic OH excluding ortho intramolecular Hbond substituents is 1. The minimum absolute atomic E-state index is 0.0230. The number of aromatic amines is 1. The lowest BCUT2D eigenvalue weighted by Gasteiger charge is -1.99. The van der Waals surface area contributed by atoms with Gasteiger partial charge < -0.3 is 19.9 Å². The van der Waals surface area contributed by atoms with Crippen LogP contribution in [-0.2, 0) is 0 Å². The first-order chi connectivity index (χ1) is 9.04. The van der Waals surface area contributed by atoms with E-state index in [0.717, 1.165) is 4.52 Å². The molecule has 3 aromatic rings. The highest BCUT2D eigenvalue weighted by Gasteiger charge is 2.14. The Hall–Kier alpha value is -3.10. The lowest BCUT2D eigenvalue weighted by Crippen LogP contribution is -2.17. The minimum Gasteiger partial charge on any atom is -0.508 e. The molecule has 96 valence electrons. The van der Waals surface area contributed by atoms with Gasteiger partial charge in [0, 0.05) is 5.39 Å². The van der Waals surface area contributed by atoms with Gasteiger partial charge in [0.2, 0.25) is 0 Å². The van der Waals surface area contributed by atoms with Crippen molar-refractivity contribution in [2.75, 3.05) is 0 Å². The Kier molecular flexibility index (Phi) is 2.14. The molecule has 0 aliphatic rings. The van der Waals surface area contributed by atoms with E-state index in [9.17, 15) is 14.7 Å². The van der Waals surface area contributed by atoms with Crippen LogP contribution in [0.25, 0.3) is 16.6 Å². The molecule has 9 heteroatoms. The maximum absolute atomic E-state index is 11.7. The number of nitrogens with one attached hydrogen (secondary N) is 1. The van der Waals surface area contributed by atoms with Gasteiger partial charge in [0.15, 0.2) is 5.65 Å². The highest BCUT2D eigenvalue weighted by atomic mass is 16.7. The second kappa shape index (κ2) is 3.70. The van der Waals surface area contributed by atoms with E-state index in [1.54, 1.807) is 0 Å². The van der Waals surface area contributed by atoms with Crippen LogP contribution in [0.2, 0.25) is 0 Å². The lowest BCUT2D eigenvalue weighted by atomic mass is 10.2. The Morgan fingerprint density at radius 2 is 2.21 bits per heavy atom. The fourth-order valence-electron chi connectivity index (χ4n) is 1.72. The molecule has 0 bridgehead atoms. The van der Waals surface area contributed by atoms with Crippen LogP contribution in [0.15, 0.2) is 23.0 Å². The number of ether oxygens (including phenoxy) is 1. The second-order valence-electron chi connectivity index (χ2n) is 3.66. The molecule has 0 atom stereocenters. The van der Waals surface area contributed by atoms with Crippen molar-refractivity contribution in [1.82, 2.24) is 19.6 Å². The van der Waals surface area contributed by atoms with Crippen LogP contribution < -0.4 is 10.4 Å². The minimum atomic E-state index is -1.58. The highest BCUT2D eigenvalue weighted by Crippen LogP contribution is 2.21. The van der Waals surface area contributed by atoms with Crippen molar-refractivity contribution in [1.29, 1.82) is 0 Å². The number of H-pyrrole nitrogens is 1. The number of rotatable bonds is 1. The molecule has 3 rings (SSSR count). The first-order valence-corrected chi connectivity index (χ1v) is 5.07. The highest BCUT2D eigenvalue weighted by molar-refractivity contribution is 5.92. The van der Waals surface area contributed by atoms with E-state index in [1.807, 2.05) is 0 Å². The molecule has 2 aromatic heterocycles. The van der Waals surface area contributed by atoms with Gasteiger partial charge in [0.25, 0.3) is 0 Å². The zero-order valence-electron chi connectivity index (χ0n) is 9.19. The van der Waals surface area contributed by atoms with Crippen LogP contribution in [0, 0.1) is 0 Å². The molecule has 0 radical (unpaired) electrons. The van der Waals surface area contributed by atoms with Crippen LogP contribution in [0.5, 0.6) is 11.8 Å². The van der Waals surface area contributed by atoms with E-state index < -0.39 is 17.9 Å². The summed E-state index contributed by atoms with van der Waals surface area (Å²) < 4.78 is 5.15. The van der Waals surface area contributed by atoms with Crippen LogP contribution in [0.3, 0.4) is 0 Å². The number of carboxylic acid groups (broad SMARTS) is 1. The molecule has 0 fully saturated rings. The number of nitrogens with zero attached hydrogens (tertiary/aromatic N) is 3. The zero-order valence-corrected chi connectivity index (χ0v) is 9.19. The summed E-state index contributed by atoms with van der Waals surface area (Å²) in [5.74, 6) is -0.0230. The van der Waals surface area contributed by atoms with E-state index in [4.69, 9.17) is 5.11 Å². The summed E-state index contributed by atoms with van der Waals surface area (Å²) in [6.07, 6.45) is -1.58. The van der Waals surface area contributed by atoms with Crippen LogP contribution in [-0.4, -0.2) is 36.0 Å². The number of carbonyl (C=O) groups is 1. The SMILES string of the molecule is O=C(O)Oc1nc2c3cc(O)ccc3[nH]c(=O)n2n1. The second-order valence-corrected chi connectivity index (χ2v) is 3.66. The van der Waals surface area contributed by atoms with Crippen molar-refractivity contribution in [2.24, 2.45) is 0 Å². The van der Waals surface area contributed by atoms with E-state index >= 15 is 0 Å². The Bertz CT molecular complexity index is 865. The van der Waals surface area contributed by atoms with Gasteiger partial charge >= 0.3 is 17.9 Å². The largest absolute Gasteiger partial charge is 0.513 e. The lowest BCUT2D eigenvalue weighted by molar-refractivity contribution is 0.140. The monoisotopic (exact) mass is 262 g/mol. The van der Waals surface area contributed by atoms with Gasteiger partial charge in [-0.15, -0.1) is 5.10 Å². The summed E-state index contributed by atoms with van der Waals surface area (Å²) >= 11 is 0. The fraction of sp³-hybridized carbons (Fsp3) is 0. The van der Waals surface area contributed by atoms with Crippen molar-refractivity contribution in [2.45, 2.75) is 0 Å². The molecule has 0 aliphatic carbocycles. The predicted octanol–water partition coefficient (Wildman–Crippen LogP) is 0.333. The molecule has 1 aromatic carbocycles. The van der Waals surface area contributed by atoms with E-state index in [0.29, 0.717) is 10.9 Å². The molecule has 19 heavy (non-hydrogen) atoms. The third kappa shape index (κ3) is 1.73. The van der Waals surface area contributed by atoms with Gasteiger partial charge in [-0.25, -0.2) is 9.59 Å². The van der Waals surface area contributed by atoms with Gasteiger partial charge in [-0.3, -0.25) is 0 Å². The average molecular weight is 262 g/mol. The number of hydrogen-bond donors (Lipinski definition) is 3. The van der Waals surface area contributed by atoms with Crippen molar-refractivity contribution >= 4 is 22.7 Å². The summed E-state index contributed by atoms with van der Waals surface area (Å²) in [6.45, 7) is 0. The van der Waals surface area contributed by atoms with Gasteiger partial charge in [-0.05, 0) is 18.2 Å². The Morgan fingerprint density at radius 1 is 1.42 bits per heavy atom. The average Bonchev–Trinajstić information content (AvgIpc) is 2.74. The summed E-state index contributed by atoms with van der Waals surface area (Å²) in [4.78, 5) is 28.4.